The van der Waals surface area contributed by atoms with Gasteiger partial charge in [0.15, 0.2) is 0 Å². The van der Waals surface area contributed by atoms with E-state index in [1.165, 1.54) is 4.90 Å². The van der Waals surface area contributed by atoms with Gasteiger partial charge in [-0.05, 0) is 18.2 Å². The number of halogens is 3. The minimum atomic E-state index is -2.64. The zero-order valence-corrected chi connectivity index (χ0v) is 12.2. The quantitative estimate of drug-likeness (QED) is 0.840. The lowest BCUT2D eigenvalue weighted by Gasteiger charge is -2.31. The number of rotatable bonds is 1. The van der Waals surface area contributed by atoms with Gasteiger partial charge in [0.05, 0.1) is 5.56 Å². The van der Waals surface area contributed by atoms with Crippen LogP contribution < -0.4 is 0 Å². The van der Waals surface area contributed by atoms with Gasteiger partial charge in [-0.3, -0.25) is 4.79 Å². The largest absolute Gasteiger partial charge is 0.360 e. The molecule has 0 bridgehead atoms. The average molecular weight is 343 g/mol. The maximum atomic E-state index is 13.1. The molecule has 0 saturated carbocycles. The monoisotopic (exact) mass is 342 g/mol. The smallest absolute Gasteiger partial charge is 0.256 e. The summed E-state index contributed by atoms with van der Waals surface area (Å²) in [4.78, 5) is 17.0. The first-order chi connectivity index (χ1) is 9.46. The van der Waals surface area contributed by atoms with Crippen molar-refractivity contribution < 1.29 is 13.6 Å². The van der Waals surface area contributed by atoms with Crippen molar-refractivity contribution in [1.82, 2.24) is 9.88 Å². The van der Waals surface area contributed by atoms with E-state index in [0.717, 1.165) is 15.4 Å². The third-order valence-corrected chi connectivity index (χ3v) is 4.15. The summed E-state index contributed by atoms with van der Waals surface area (Å²) in [5, 5.41) is 0.807. The Hall–Kier alpha value is -1.43. The summed E-state index contributed by atoms with van der Waals surface area (Å²) in [6, 6.07) is 5.62. The molecule has 1 aliphatic heterocycles. The molecule has 0 atom stereocenters. The molecule has 106 valence electrons. The molecule has 0 unspecified atom stereocenters. The van der Waals surface area contributed by atoms with Crippen LogP contribution in [0.1, 0.15) is 23.2 Å². The highest BCUT2D eigenvalue weighted by Gasteiger charge is 2.36. The number of H-pyrrole nitrogens is 1. The summed E-state index contributed by atoms with van der Waals surface area (Å²) in [6.07, 6.45) is 1.13. The van der Waals surface area contributed by atoms with Crippen molar-refractivity contribution in [3.05, 3.63) is 34.4 Å². The SMILES string of the molecule is O=C(c1c[nH]c2ccc(Br)cc12)N1CCC(F)(F)CC1. The van der Waals surface area contributed by atoms with Crippen molar-refractivity contribution in [2.45, 2.75) is 18.8 Å². The van der Waals surface area contributed by atoms with Gasteiger partial charge in [-0.2, -0.15) is 0 Å². The molecule has 2 heterocycles. The molecule has 0 spiro atoms. The zero-order chi connectivity index (χ0) is 14.3. The van der Waals surface area contributed by atoms with E-state index in [0.29, 0.717) is 5.56 Å². The Balaban J connectivity index is 1.88. The van der Waals surface area contributed by atoms with E-state index in [1.807, 2.05) is 18.2 Å². The van der Waals surface area contributed by atoms with Gasteiger partial charge in [-0.25, -0.2) is 8.78 Å². The van der Waals surface area contributed by atoms with Crippen LogP contribution in [0.25, 0.3) is 10.9 Å². The highest BCUT2D eigenvalue weighted by Crippen LogP contribution is 2.30. The summed E-state index contributed by atoms with van der Waals surface area (Å²) in [5.74, 6) is -2.83. The molecule has 1 aliphatic rings. The number of benzene rings is 1. The number of carbonyl (C=O) groups excluding carboxylic acids is 1. The second-order valence-electron chi connectivity index (χ2n) is 5.04. The minimum absolute atomic E-state index is 0.104. The highest BCUT2D eigenvalue weighted by molar-refractivity contribution is 9.10. The van der Waals surface area contributed by atoms with Gasteiger partial charge >= 0.3 is 0 Å². The Morgan fingerprint density at radius 2 is 2.00 bits per heavy atom. The number of nitrogens with one attached hydrogen (secondary N) is 1. The number of amides is 1. The van der Waals surface area contributed by atoms with Crippen LogP contribution in [0, 0.1) is 0 Å². The fourth-order valence-corrected chi connectivity index (χ4v) is 2.84. The van der Waals surface area contributed by atoms with Crippen molar-refractivity contribution in [2.24, 2.45) is 0 Å². The third kappa shape index (κ3) is 2.44. The fraction of sp³-hybridized carbons (Fsp3) is 0.357. The number of alkyl halides is 2. The van der Waals surface area contributed by atoms with Crippen molar-refractivity contribution in [3.8, 4) is 0 Å². The molecule has 2 aromatic rings. The summed E-state index contributed by atoms with van der Waals surface area (Å²) in [5.41, 5.74) is 1.39. The number of likely N-dealkylation sites (tertiary alicyclic amines) is 1. The number of fused-ring (bicyclic) bond motifs is 1. The van der Waals surface area contributed by atoms with E-state index in [4.69, 9.17) is 0 Å². The number of hydrogen-bond acceptors (Lipinski definition) is 1. The summed E-state index contributed by atoms with van der Waals surface area (Å²) >= 11 is 3.37. The lowest BCUT2D eigenvalue weighted by molar-refractivity contribution is -0.0493. The van der Waals surface area contributed by atoms with Crippen LogP contribution >= 0.6 is 15.9 Å². The second-order valence-corrected chi connectivity index (χ2v) is 5.96. The molecule has 20 heavy (non-hydrogen) atoms. The highest BCUT2D eigenvalue weighted by atomic mass is 79.9. The van der Waals surface area contributed by atoms with E-state index in [2.05, 4.69) is 20.9 Å². The molecular formula is C14H13BrF2N2O. The number of aromatic nitrogens is 1. The van der Waals surface area contributed by atoms with Crippen molar-refractivity contribution in [2.75, 3.05) is 13.1 Å². The van der Waals surface area contributed by atoms with Crippen LogP contribution in [-0.2, 0) is 0 Å². The standard InChI is InChI=1S/C14H13BrF2N2O/c15-9-1-2-12-10(7-9)11(8-18-12)13(20)19-5-3-14(16,17)4-6-19/h1-2,7-8,18H,3-6H2. The van der Waals surface area contributed by atoms with Crippen LogP contribution in [0.5, 0.6) is 0 Å². The normalized spacial score (nSPS) is 18.4. The Labute approximate surface area is 123 Å². The predicted octanol–water partition coefficient (Wildman–Crippen LogP) is 3.80. The number of piperidine rings is 1. The topological polar surface area (TPSA) is 36.1 Å². The van der Waals surface area contributed by atoms with Crippen molar-refractivity contribution in [3.63, 3.8) is 0 Å². The van der Waals surface area contributed by atoms with E-state index >= 15 is 0 Å². The molecule has 0 radical (unpaired) electrons. The van der Waals surface area contributed by atoms with E-state index in [-0.39, 0.29) is 31.8 Å². The molecule has 1 aromatic carbocycles. The first kappa shape index (κ1) is 13.5. The maximum absolute atomic E-state index is 13.1. The van der Waals surface area contributed by atoms with Gasteiger partial charge in [0, 0.05) is 47.5 Å². The first-order valence-corrected chi connectivity index (χ1v) is 7.19. The molecule has 0 aliphatic carbocycles. The Morgan fingerprint density at radius 1 is 1.30 bits per heavy atom. The van der Waals surface area contributed by atoms with Crippen LogP contribution in [0.3, 0.4) is 0 Å². The number of carbonyl (C=O) groups is 1. The van der Waals surface area contributed by atoms with Crippen LogP contribution in [-0.4, -0.2) is 34.8 Å². The summed E-state index contributed by atoms with van der Waals surface area (Å²) < 4.78 is 27.2. The van der Waals surface area contributed by atoms with E-state index < -0.39 is 5.92 Å². The average Bonchev–Trinajstić information content (AvgIpc) is 2.81. The second kappa shape index (κ2) is 4.84. The Bertz CT molecular complexity index is 658. The van der Waals surface area contributed by atoms with E-state index in [1.54, 1.807) is 6.20 Å². The first-order valence-electron chi connectivity index (χ1n) is 6.40. The molecule has 6 heteroatoms. The number of hydrogen-bond donors (Lipinski definition) is 1. The Kier molecular flexibility index (Phi) is 3.28. The predicted molar refractivity (Wildman–Crippen MR) is 76.1 cm³/mol. The van der Waals surface area contributed by atoms with Crippen LogP contribution in [0.4, 0.5) is 8.78 Å². The van der Waals surface area contributed by atoms with Gasteiger partial charge in [-0.1, -0.05) is 15.9 Å². The van der Waals surface area contributed by atoms with Gasteiger partial charge in [0.25, 0.3) is 11.8 Å². The Morgan fingerprint density at radius 3 is 2.70 bits per heavy atom. The molecule has 1 aromatic heterocycles. The summed E-state index contributed by atoms with van der Waals surface area (Å²) in [7, 11) is 0. The van der Waals surface area contributed by atoms with Gasteiger partial charge in [0.2, 0.25) is 0 Å². The van der Waals surface area contributed by atoms with Gasteiger partial charge < -0.3 is 9.88 Å². The third-order valence-electron chi connectivity index (χ3n) is 3.66. The lowest BCUT2D eigenvalue weighted by atomic mass is 10.1. The molecule has 1 saturated heterocycles. The molecule has 1 fully saturated rings. The molecule has 1 N–H and O–H groups in total. The maximum Gasteiger partial charge on any atom is 0.256 e. The fourth-order valence-electron chi connectivity index (χ4n) is 2.48. The number of aromatic amines is 1. The zero-order valence-electron chi connectivity index (χ0n) is 10.6. The summed E-state index contributed by atoms with van der Waals surface area (Å²) in [6.45, 7) is 0.207. The molecular weight excluding hydrogens is 330 g/mol. The van der Waals surface area contributed by atoms with E-state index in [9.17, 15) is 13.6 Å². The lowest BCUT2D eigenvalue weighted by Crippen LogP contribution is -2.42. The number of nitrogens with zero attached hydrogens (tertiary/aromatic N) is 1. The van der Waals surface area contributed by atoms with Crippen LogP contribution in [0.15, 0.2) is 28.9 Å². The molecule has 1 amide bonds. The van der Waals surface area contributed by atoms with Gasteiger partial charge in [-0.15, -0.1) is 0 Å². The van der Waals surface area contributed by atoms with Crippen molar-refractivity contribution >= 4 is 32.7 Å². The van der Waals surface area contributed by atoms with Crippen molar-refractivity contribution in [1.29, 1.82) is 0 Å². The minimum Gasteiger partial charge on any atom is -0.360 e. The van der Waals surface area contributed by atoms with Crippen LogP contribution in [0.2, 0.25) is 0 Å². The molecule has 3 rings (SSSR count). The molecule has 3 nitrogen and oxygen atoms in total. The van der Waals surface area contributed by atoms with Gasteiger partial charge in [0.1, 0.15) is 0 Å².